The van der Waals surface area contributed by atoms with Gasteiger partial charge in [0.15, 0.2) is 5.96 Å². The van der Waals surface area contributed by atoms with E-state index in [-0.39, 0.29) is 12.1 Å². The SMILES string of the molecule is Cc1cccc(C2NC(=NCc3ccccc3)N[C@@H]2c2cccc(C)c2)c1. The molecule has 0 amide bonds. The Morgan fingerprint density at radius 2 is 1.26 bits per heavy atom. The third-order valence-electron chi connectivity index (χ3n) is 4.98. The molecule has 4 rings (SSSR count). The fourth-order valence-corrected chi connectivity index (χ4v) is 3.63. The monoisotopic (exact) mass is 355 g/mol. The van der Waals surface area contributed by atoms with E-state index < -0.39 is 0 Å². The number of rotatable bonds is 4. The van der Waals surface area contributed by atoms with Gasteiger partial charge in [-0.05, 0) is 30.5 Å². The first-order chi connectivity index (χ1) is 13.2. The average molecular weight is 355 g/mol. The molecule has 27 heavy (non-hydrogen) atoms. The topological polar surface area (TPSA) is 36.4 Å². The first-order valence-electron chi connectivity index (χ1n) is 9.43. The van der Waals surface area contributed by atoms with Gasteiger partial charge >= 0.3 is 0 Å². The van der Waals surface area contributed by atoms with Crippen LogP contribution in [-0.4, -0.2) is 5.96 Å². The van der Waals surface area contributed by atoms with Crippen molar-refractivity contribution in [1.82, 2.24) is 10.6 Å². The summed E-state index contributed by atoms with van der Waals surface area (Å²) >= 11 is 0. The van der Waals surface area contributed by atoms with Crippen LogP contribution in [0.5, 0.6) is 0 Å². The van der Waals surface area contributed by atoms with E-state index in [1.165, 1.54) is 27.8 Å². The molecule has 0 saturated carbocycles. The lowest BCUT2D eigenvalue weighted by Gasteiger charge is -2.20. The van der Waals surface area contributed by atoms with E-state index in [9.17, 15) is 0 Å². The van der Waals surface area contributed by atoms with Crippen LogP contribution in [-0.2, 0) is 6.54 Å². The molecule has 3 nitrogen and oxygen atoms in total. The largest absolute Gasteiger partial charge is 0.347 e. The molecule has 0 radical (unpaired) electrons. The van der Waals surface area contributed by atoms with Gasteiger partial charge in [0, 0.05) is 0 Å². The number of hydrogen-bond donors (Lipinski definition) is 2. The molecule has 1 unspecified atom stereocenters. The Bertz CT molecular complexity index is 891. The molecule has 136 valence electrons. The lowest BCUT2D eigenvalue weighted by Crippen LogP contribution is -2.25. The van der Waals surface area contributed by atoms with Gasteiger partial charge in [0.1, 0.15) is 0 Å². The Morgan fingerprint density at radius 3 is 1.78 bits per heavy atom. The molecule has 3 aromatic rings. The standard InChI is InChI=1S/C24H25N3/c1-17-8-6-12-20(14-17)22-23(21-13-7-9-18(2)15-21)27-24(26-22)25-16-19-10-4-3-5-11-19/h3-15,22-23H,16H2,1-2H3,(H2,25,26,27)/t22-,23?/m1/s1. The highest BCUT2D eigenvalue weighted by Gasteiger charge is 2.32. The fraction of sp³-hybridized carbons (Fsp3) is 0.208. The highest BCUT2D eigenvalue weighted by molar-refractivity contribution is 5.83. The summed E-state index contributed by atoms with van der Waals surface area (Å²) in [5, 5.41) is 7.22. The summed E-state index contributed by atoms with van der Waals surface area (Å²) in [4.78, 5) is 4.78. The van der Waals surface area contributed by atoms with Crippen LogP contribution in [0.1, 0.15) is 39.9 Å². The van der Waals surface area contributed by atoms with Crippen LogP contribution in [0, 0.1) is 13.8 Å². The number of nitrogens with zero attached hydrogens (tertiary/aromatic N) is 1. The van der Waals surface area contributed by atoms with E-state index in [0.717, 1.165) is 5.96 Å². The summed E-state index contributed by atoms with van der Waals surface area (Å²) in [6, 6.07) is 28.1. The third-order valence-corrected chi connectivity index (χ3v) is 4.98. The van der Waals surface area contributed by atoms with Crippen LogP contribution >= 0.6 is 0 Å². The average Bonchev–Trinajstić information content (AvgIpc) is 3.12. The van der Waals surface area contributed by atoms with Gasteiger partial charge in [-0.25, -0.2) is 4.99 Å². The van der Waals surface area contributed by atoms with Crippen molar-refractivity contribution < 1.29 is 0 Å². The first kappa shape index (κ1) is 17.3. The third kappa shape index (κ3) is 4.03. The maximum Gasteiger partial charge on any atom is 0.192 e. The molecule has 0 bridgehead atoms. The second-order valence-electron chi connectivity index (χ2n) is 7.22. The highest BCUT2D eigenvalue weighted by atomic mass is 15.3. The van der Waals surface area contributed by atoms with Crippen LogP contribution in [0.2, 0.25) is 0 Å². The lowest BCUT2D eigenvalue weighted by atomic mass is 9.93. The molecule has 0 spiro atoms. The van der Waals surface area contributed by atoms with Crippen molar-refractivity contribution in [3.8, 4) is 0 Å². The summed E-state index contributed by atoms with van der Waals surface area (Å²) in [5.41, 5.74) is 6.30. The van der Waals surface area contributed by atoms with Crippen molar-refractivity contribution >= 4 is 5.96 Å². The predicted octanol–water partition coefficient (Wildman–Crippen LogP) is 4.83. The minimum absolute atomic E-state index is 0.154. The van der Waals surface area contributed by atoms with Crippen LogP contribution in [0.4, 0.5) is 0 Å². The molecule has 1 saturated heterocycles. The number of aryl methyl sites for hydroxylation is 2. The van der Waals surface area contributed by atoms with Gasteiger partial charge in [0.2, 0.25) is 0 Å². The molecular formula is C24H25N3. The fourth-order valence-electron chi connectivity index (χ4n) is 3.63. The van der Waals surface area contributed by atoms with Gasteiger partial charge < -0.3 is 10.6 Å². The van der Waals surface area contributed by atoms with Crippen molar-refractivity contribution in [2.45, 2.75) is 32.5 Å². The Balaban J connectivity index is 1.64. The number of guanidine groups is 1. The second-order valence-corrected chi connectivity index (χ2v) is 7.22. The van der Waals surface area contributed by atoms with Crippen molar-refractivity contribution in [2.75, 3.05) is 0 Å². The zero-order chi connectivity index (χ0) is 18.6. The van der Waals surface area contributed by atoms with E-state index in [1.807, 2.05) is 6.07 Å². The van der Waals surface area contributed by atoms with E-state index in [0.29, 0.717) is 6.54 Å². The van der Waals surface area contributed by atoms with Crippen LogP contribution in [0.3, 0.4) is 0 Å². The van der Waals surface area contributed by atoms with Crippen molar-refractivity contribution in [3.05, 3.63) is 107 Å². The molecular weight excluding hydrogens is 330 g/mol. The van der Waals surface area contributed by atoms with Crippen molar-refractivity contribution in [3.63, 3.8) is 0 Å². The van der Waals surface area contributed by atoms with Gasteiger partial charge in [-0.3, -0.25) is 0 Å². The minimum Gasteiger partial charge on any atom is -0.347 e. The Kier molecular flexibility index (Phi) is 4.93. The number of nitrogens with one attached hydrogen (secondary N) is 2. The number of benzene rings is 3. The zero-order valence-electron chi connectivity index (χ0n) is 15.8. The maximum absolute atomic E-state index is 4.78. The molecule has 2 N–H and O–H groups in total. The summed E-state index contributed by atoms with van der Waals surface area (Å²) in [7, 11) is 0. The summed E-state index contributed by atoms with van der Waals surface area (Å²) in [5.74, 6) is 0.858. The molecule has 3 heteroatoms. The molecule has 1 aliphatic heterocycles. The summed E-state index contributed by atoms with van der Waals surface area (Å²) < 4.78 is 0. The zero-order valence-corrected chi connectivity index (χ0v) is 15.8. The van der Waals surface area contributed by atoms with E-state index in [4.69, 9.17) is 4.99 Å². The van der Waals surface area contributed by atoms with E-state index >= 15 is 0 Å². The number of hydrogen-bond acceptors (Lipinski definition) is 1. The molecule has 0 aromatic heterocycles. The molecule has 3 aromatic carbocycles. The minimum atomic E-state index is 0.154. The summed E-state index contributed by atoms with van der Waals surface area (Å²) in [6.45, 7) is 4.94. The first-order valence-corrected chi connectivity index (χ1v) is 9.43. The van der Waals surface area contributed by atoms with Crippen molar-refractivity contribution in [2.24, 2.45) is 4.99 Å². The van der Waals surface area contributed by atoms with Gasteiger partial charge in [-0.2, -0.15) is 0 Å². The van der Waals surface area contributed by atoms with Gasteiger partial charge in [0.05, 0.1) is 18.6 Å². The summed E-state index contributed by atoms with van der Waals surface area (Å²) in [6.07, 6.45) is 0. The van der Waals surface area contributed by atoms with Gasteiger partial charge in [-0.15, -0.1) is 0 Å². The molecule has 2 atom stereocenters. The predicted molar refractivity (Wildman–Crippen MR) is 112 cm³/mol. The Hall–Kier alpha value is -3.07. The quantitative estimate of drug-likeness (QED) is 0.703. The molecule has 0 aliphatic carbocycles. The van der Waals surface area contributed by atoms with Crippen LogP contribution < -0.4 is 10.6 Å². The van der Waals surface area contributed by atoms with Crippen molar-refractivity contribution in [1.29, 1.82) is 0 Å². The normalized spacial score (nSPS) is 20.3. The molecule has 1 aliphatic rings. The van der Waals surface area contributed by atoms with E-state index in [2.05, 4.69) is 97.3 Å². The van der Waals surface area contributed by atoms with Crippen LogP contribution in [0.15, 0.2) is 83.9 Å². The maximum atomic E-state index is 4.78. The van der Waals surface area contributed by atoms with Gasteiger partial charge in [0.25, 0.3) is 0 Å². The molecule has 1 fully saturated rings. The second kappa shape index (κ2) is 7.67. The highest BCUT2D eigenvalue weighted by Crippen LogP contribution is 2.33. The Labute approximate surface area is 161 Å². The van der Waals surface area contributed by atoms with Gasteiger partial charge in [-0.1, -0.05) is 90.0 Å². The van der Waals surface area contributed by atoms with E-state index in [1.54, 1.807) is 0 Å². The molecule has 1 heterocycles. The Morgan fingerprint density at radius 1 is 0.704 bits per heavy atom. The number of aliphatic imine (C=N–C) groups is 1. The van der Waals surface area contributed by atoms with Crippen LogP contribution in [0.25, 0.3) is 0 Å². The smallest absolute Gasteiger partial charge is 0.192 e. The lowest BCUT2D eigenvalue weighted by molar-refractivity contribution is 0.553.